The first kappa shape index (κ1) is 24.9. The average Bonchev–Trinajstić information content (AvgIpc) is 2.64. The molecule has 1 aliphatic heterocycles. The monoisotopic (exact) mass is 515 g/mol. The molecule has 2 aliphatic rings. The third kappa shape index (κ3) is 8.82. The zero-order valence-electron chi connectivity index (χ0n) is 16.9. The first-order chi connectivity index (χ1) is 12.5. The van der Waals surface area contributed by atoms with Crippen molar-refractivity contribution < 1.29 is 8.42 Å². The van der Waals surface area contributed by atoms with Gasteiger partial charge in [-0.3, -0.25) is 9.89 Å². The number of hydrogen-bond donors (Lipinski definition) is 3. The third-order valence-electron chi connectivity index (χ3n) is 5.47. The second-order valence-electron chi connectivity index (χ2n) is 7.62. The Labute approximate surface area is 182 Å². The molecule has 0 radical (unpaired) electrons. The van der Waals surface area contributed by atoms with Crippen LogP contribution in [-0.4, -0.2) is 70.3 Å². The predicted molar refractivity (Wildman–Crippen MR) is 123 cm³/mol. The van der Waals surface area contributed by atoms with Crippen molar-refractivity contribution in [3.05, 3.63) is 0 Å². The second kappa shape index (κ2) is 12.4. The van der Waals surface area contributed by atoms with E-state index < -0.39 is 10.0 Å². The molecule has 0 bridgehead atoms. The number of piperidine rings is 1. The minimum Gasteiger partial charge on any atom is -0.357 e. The first-order valence-corrected chi connectivity index (χ1v) is 12.1. The zero-order valence-corrected chi connectivity index (χ0v) is 20.1. The van der Waals surface area contributed by atoms with Crippen LogP contribution in [-0.2, 0) is 10.0 Å². The molecule has 0 aromatic heterocycles. The summed E-state index contributed by atoms with van der Waals surface area (Å²) in [6.45, 7) is 6.96. The van der Waals surface area contributed by atoms with Crippen molar-refractivity contribution in [1.82, 2.24) is 20.3 Å². The van der Waals surface area contributed by atoms with Crippen molar-refractivity contribution in [3.63, 3.8) is 0 Å². The molecule has 3 N–H and O–H groups in total. The summed E-state index contributed by atoms with van der Waals surface area (Å²) in [6.07, 6.45) is 11.6. The largest absolute Gasteiger partial charge is 0.357 e. The molecular formula is C18H38IN5O2S. The third-order valence-corrected chi connectivity index (χ3v) is 6.20. The topological polar surface area (TPSA) is 85.8 Å². The lowest BCUT2D eigenvalue weighted by atomic mass is 9.79. The van der Waals surface area contributed by atoms with E-state index in [1.165, 1.54) is 70.7 Å². The van der Waals surface area contributed by atoms with Gasteiger partial charge in [0.05, 0.1) is 12.8 Å². The number of nitrogens with one attached hydrogen (secondary N) is 3. The van der Waals surface area contributed by atoms with E-state index in [-0.39, 0.29) is 29.5 Å². The van der Waals surface area contributed by atoms with Gasteiger partial charge in [-0.25, -0.2) is 13.1 Å². The van der Waals surface area contributed by atoms with Crippen LogP contribution < -0.4 is 15.4 Å². The summed E-state index contributed by atoms with van der Waals surface area (Å²) in [5.74, 6) is 0.782. The highest BCUT2D eigenvalue weighted by atomic mass is 127. The van der Waals surface area contributed by atoms with Crippen LogP contribution in [0.1, 0.15) is 58.3 Å². The van der Waals surface area contributed by atoms with Crippen LogP contribution in [0.5, 0.6) is 0 Å². The molecular weight excluding hydrogens is 477 g/mol. The Bertz CT molecular complexity index is 544. The summed E-state index contributed by atoms with van der Waals surface area (Å²) < 4.78 is 24.8. The van der Waals surface area contributed by atoms with E-state index in [0.29, 0.717) is 13.1 Å². The lowest BCUT2D eigenvalue weighted by Gasteiger charge is -2.47. The van der Waals surface area contributed by atoms with E-state index in [0.717, 1.165) is 19.0 Å². The van der Waals surface area contributed by atoms with Gasteiger partial charge in [0.2, 0.25) is 10.0 Å². The van der Waals surface area contributed by atoms with Crippen molar-refractivity contribution in [2.24, 2.45) is 4.99 Å². The Morgan fingerprint density at radius 3 is 2.22 bits per heavy atom. The number of aliphatic imine (C=N–C) groups is 1. The Morgan fingerprint density at radius 2 is 1.63 bits per heavy atom. The van der Waals surface area contributed by atoms with Crippen molar-refractivity contribution in [3.8, 4) is 0 Å². The van der Waals surface area contributed by atoms with E-state index >= 15 is 0 Å². The van der Waals surface area contributed by atoms with Gasteiger partial charge in [-0.05, 0) is 45.7 Å². The molecule has 160 valence electrons. The maximum Gasteiger partial charge on any atom is 0.208 e. The van der Waals surface area contributed by atoms with Gasteiger partial charge >= 0.3 is 0 Å². The Morgan fingerprint density at radius 1 is 1.00 bits per heavy atom. The number of guanidine groups is 1. The minimum atomic E-state index is -3.15. The van der Waals surface area contributed by atoms with Crippen LogP contribution in [0.2, 0.25) is 0 Å². The second-order valence-corrected chi connectivity index (χ2v) is 9.45. The summed E-state index contributed by atoms with van der Waals surface area (Å²) >= 11 is 0. The highest BCUT2D eigenvalue weighted by molar-refractivity contribution is 14.0. The molecule has 0 atom stereocenters. The summed E-state index contributed by atoms with van der Waals surface area (Å²) in [5.41, 5.74) is 0.214. The number of nitrogens with zero attached hydrogens (tertiary/aromatic N) is 2. The molecule has 1 saturated carbocycles. The fourth-order valence-electron chi connectivity index (χ4n) is 4.14. The first-order valence-electron chi connectivity index (χ1n) is 10.2. The summed E-state index contributed by atoms with van der Waals surface area (Å²) in [4.78, 5) is 7.60. The minimum absolute atomic E-state index is 0. The molecule has 2 fully saturated rings. The SMILES string of the molecule is CCNC(=NCC1(N2CCCCC2)CCCCC1)NCCNS(C)(=O)=O.I. The van der Waals surface area contributed by atoms with Crippen LogP contribution in [0.4, 0.5) is 0 Å². The van der Waals surface area contributed by atoms with Crippen molar-refractivity contribution in [1.29, 1.82) is 0 Å². The molecule has 0 unspecified atom stereocenters. The normalized spacial score (nSPS) is 21.3. The molecule has 2 rings (SSSR count). The number of rotatable bonds is 8. The zero-order chi connectivity index (χ0) is 18.9. The van der Waals surface area contributed by atoms with Crippen molar-refractivity contribution >= 4 is 40.0 Å². The number of likely N-dealkylation sites (tertiary alicyclic amines) is 1. The fraction of sp³-hybridized carbons (Fsp3) is 0.944. The lowest BCUT2D eigenvalue weighted by Crippen LogP contribution is -2.54. The van der Waals surface area contributed by atoms with E-state index in [1.807, 2.05) is 6.92 Å². The predicted octanol–water partition coefficient (Wildman–Crippen LogP) is 1.90. The molecule has 1 heterocycles. The molecule has 9 heteroatoms. The van der Waals surface area contributed by atoms with Gasteiger partial charge in [0.25, 0.3) is 0 Å². The molecule has 0 aromatic carbocycles. The number of sulfonamides is 1. The smallest absolute Gasteiger partial charge is 0.208 e. The number of halogens is 1. The molecule has 27 heavy (non-hydrogen) atoms. The Kier molecular flexibility index (Phi) is 11.5. The van der Waals surface area contributed by atoms with Gasteiger partial charge < -0.3 is 10.6 Å². The molecule has 7 nitrogen and oxygen atoms in total. The van der Waals surface area contributed by atoms with Gasteiger partial charge in [-0.2, -0.15) is 0 Å². The van der Waals surface area contributed by atoms with Gasteiger partial charge in [0.1, 0.15) is 0 Å². The van der Waals surface area contributed by atoms with Crippen molar-refractivity contribution in [2.75, 3.05) is 45.5 Å². The highest BCUT2D eigenvalue weighted by Crippen LogP contribution is 2.35. The molecule has 1 aliphatic carbocycles. The molecule has 0 amide bonds. The van der Waals surface area contributed by atoms with E-state index in [1.54, 1.807) is 0 Å². The van der Waals surface area contributed by atoms with Crippen LogP contribution in [0.15, 0.2) is 4.99 Å². The van der Waals surface area contributed by atoms with E-state index in [4.69, 9.17) is 4.99 Å². The van der Waals surface area contributed by atoms with Crippen molar-refractivity contribution in [2.45, 2.75) is 63.8 Å². The van der Waals surface area contributed by atoms with Gasteiger partial charge in [-0.1, -0.05) is 25.7 Å². The van der Waals surface area contributed by atoms with Gasteiger partial charge in [0.15, 0.2) is 5.96 Å². The van der Waals surface area contributed by atoms with Gasteiger partial charge in [0, 0.05) is 25.2 Å². The summed E-state index contributed by atoms with van der Waals surface area (Å²) in [6, 6.07) is 0. The highest BCUT2D eigenvalue weighted by Gasteiger charge is 2.38. The quantitative estimate of drug-likeness (QED) is 0.199. The molecule has 0 spiro atoms. The average molecular weight is 516 g/mol. The standard InChI is InChI=1S/C18H37N5O2S.HI/c1-3-19-17(20-12-13-22-26(2,24)25)21-16-18(10-6-4-7-11-18)23-14-8-5-9-15-23;/h22H,3-16H2,1-2H3,(H2,19,20,21);1H. The lowest BCUT2D eigenvalue weighted by molar-refractivity contribution is 0.0407. The Balaban J connectivity index is 0.00000364. The van der Waals surface area contributed by atoms with Crippen LogP contribution in [0.3, 0.4) is 0 Å². The Hall–Kier alpha value is -0.130. The van der Waals surface area contributed by atoms with E-state index in [9.17, 15) is 8.42 Å². The summed E-state index contributed by atoms with van der Waals surface area (Å²) in [7, 11) is -3.15. The van der Waals surface area contributed by atoms with Crippen LogP contribution in [0, 0.1) is 0 Å². The van der Waals surface area contributed by atoms with Gasteiger partial charge in [-0.15, -0.1) is 24.0 Å². The van der Waals surface area contributed by atoms with E-state index in [2.05, 4.69) is 20.3 Å². The van der Waals surface area contributed by atoms with Crippen LogP contribution >= 0.6 is 24.0 Å². The van der Waals surface area contributed by atoms with Crippen LogP contribution in [0.25, 0.3) is 0 Å². The number of hydrogen-bond acceptors (Lipinski definition) is 4. The molecule has 0 aromatic rings. The maximum absolute atomic E-state index is 11.2. The maximum atomic E-state index is 11.2. The fourth-order valence-corrected chi connectivity index (χ4v) is 4.61. The summed E-state index contributed by atoms with van der Waals surface area (Å²) in [5, 5.41) is 6.53. The molecule has 1 saturated heterocycles.